The van der Waals surface area contributed by atoms with Crippen molar-refractivity contribution in [2.45, 2.75) is 6.29 Å². The predicted molar refractivity (Wildman–Crippen MR) is 56.8 cm³/mol. The summed E-state index contributed by atoms with van der Waals surface area (Å²) in [6, 6.07) is 4.07. The van der Waals surface area contributed by atoms with Crippen LogP contribution in [0.15, 0.2) is 18.2 Å². The third-order valence-corrected chi connectivity index (χ3v) is 2.49. The highest BCUT2D eigenvalue weighted by Gasteiger charge is 2.43. The molecule has 4 nitrogen and oxygen atoms in total. The van der Waals surface area contributed by atoms with Crippen molar-refractivity contribution in [2.75, 3.05) is 17.8 Å². The van der Waals surface area contributed by atoms with Gasteiger partial charge in [0.25, 0.3) is 0 Å². The molecule has 1 aromatic rings. The highest BCUT2D eigenvalue weighted by atomic mass is 35.5. The summed E-state index contributed by atoms with van der Waals surface area (Å²) in [6.45, 7) is 0. The lowest BCUT2D eigenvalue weighted by Crippen LogP contribution is -2.27. The molecule has 0 unspecified atom stereocenters. The normalized spacial score (nSPS) is 15.8. The molecule has 1 amide bonds. The lowest BCUT2D eigenvalue weighted by Gasteiger charge is -2.15. The van der Waals surface area contributed by atoms with E-state index in [1.807, 2.05) is 0 Å². The van der Waals surface area contributed by atoms with Gasteiger partial charge in [-0.25, -0.2) is 0 Å². The predicted octanol–water partition coefficient (Wildman–Crippen LogP) is 2.21. The van der Waals surface area contributed by atoms with E-state index in [9.17, 15) is 13.6 Å². The maximum Gasteiger partial charge on any atom is 0.586 e. The zero-order valence-electron chi connectivity index (χ0n) is 8.75. The second-order valence-electron chi connectivity index (χ2n) is 3.38. The van der Waals surface area contributed by atoms with Gasteiger partial charge in [-0.3, -0.25) is 4.79 Å². The number of anilines is 1. The molecular formula is C10H8ClF2NO3. The van der Waals surface area contributed by atoms with E-state index in [0.717, 1.165) is 0 Å². The van der Waals surface area contributed by atoms with Crippen LogP contribution in [0.5, 0.6) is 11.5 Å². The number of benzene rings is 1. The number of carbonyl (C=O) groups excluding carboxylic acids is 1. The van der Waals surface area contributed by atoms with Crippen LogP contribution in [0.3, 0.4) is 0 Å². The molecule has 0 aromatic heterocycles. The molecule has 0 fully saturated rings. The third-order valence-electron chi connectivity index (χ3n) is 2.26. The second kappa shape index (κ2) is 4.03. The molecular weight excluding hydrogens is 256 g/mol. The van der Waals surface area contributed by atoms with Crippen LogP contribution in [0.25, 0.3) is 0 Å². The summed E-state index contributed by atoms with van der Waals surface area (Å²) in [7, 11) is 1.49. The lowest BCUT2D eigenvalue weighted by molar-refractivity contribution is -0.286. The van der Waals surface area contributed by atoms with Gasteiger partial charge >= 0.3 is 6.29 Å². The summed E-state index contributed by atoms with van der Waals surface area (Å²) in [6.07, 6.45) is -3.66. The maximum atomic E-state index is 12.7. The molecule has 0 atom stereocenters. The van der Waals surface area contributed by atoms with E-state index in [2.05, 4.69) is 9.47 Å². The topological polar surface area (TPSA) is 38.8 Å². The van der Waals surface area contributed by atoms with E-state index in [-0.39, 0.29) is 23.3 Å². The maximum absolute atomic E-state index is 12.7. The van der Waals surface area contributed by atoms with Crippen molar-refractivity contribution in [1.29, 1.82) is 0 Å². The number of nitrogens with zero attached hydrogens (tertiary/aromatic N) is 1. The lowest BCUT2D eigenvalue weighted by atomic mass is 10.2. The number of hydrogen-bond acceptors (Lipinski definition) is 3. The molecule has 1 aromatic carbocycles. The number of amides is 1. The van der Waals surface area contributed by atoms with Gasteiger partial charge in [0.2, 0.25) is 5.91 Å². The Morgan fingerprint density at radius 3 is 2.71 bits per heavy atom. The Labute approximate surface area is 101 Å². The van der Waals surface area contributed by atoms with Crippen molar-refractivity contribution < 1.29 is 23.0 Å². The second-order valence-corrected chi connectivity index (χ2v) is 3.65. The molecule has 2 rings (SSSR count). The molecule has 1 heterocycles. The summed E-state index contributed by atoms with van der Waals surface area (Å²) in [5, 5.41) is 0. The Morgan fingerprint density at radius 2 is 2.06 bits per heavy atom. The van der Waals surface area contributed by atoms with Crippen LogP contribution >= 0.6 is 11.6 Å². The van der Waals surface area contributed by atoms with Crippen LogP contribution in [-0.4, -0.2) is 25.1 Å². The zero-order valence-corrected chi connectivity index (χ0v) is 9.50. The molecule has 0 saturated carbocycles. The fourth-order valence-corrected chi connectivity index (χ4v) is 1.56. The summed E-state index contributed by atoms with van der Waals surface area (Å²) in [5.74, 6) is -0.717. The first-order chi connectivity index (χ1) is 7.93. The fourth-order valence-electron chi connectivity index (χ4n) is 1.38. The standard InChI is InChI=1S/C10H8ClF2NO3/c1-14(9(15)5-11)6-2-3-7-8(4-6)17-10(12,13)16-7/h2-4H,5H2,1H3. The molecule has 92 valence electrons. The van der Waals surface area contributed by atoms with Crippen molar-refractivity contribution in [3.63, 3.8) is 0 Å². The number of fused-ring (bicyclic) bond motifs is 1. The first kappa shape index (κ1) is 11.9. The van der Waals surface area contributed by atoms with Crippen molar-refractivity contribution in [2.24, 2.45) is 0 Å². The first-order valence-electron chi connectivity index (χ1n) is 4.65. The van der Waals surface area contributed by atoms with Gasteiger partial charge < -0.3 is 14.4 Å². The Morgan fingerprint density at radius 1 is 1.41 bits per heavy atom. The van der Waals surface area contributed by atoms with E-state index in [0.29, 0.717) is 5.69 Å². The van der Waals surface area contributed by atoms with Crippen molar-refractivity contribution in [3.8, 4) is 11.5 Å². The van der Waals surface area contributed by atoms with Crippen LogP contribution in [0.2, 0.25) is 0 Å². The highest BCUT2D eigenvalue weighted by molar-refractivity contribution is 6.29. The van der Waals surface area contributed by atoms with Crippen LogP contribution in [0.4, 0.5) is 14.5 Å². The molecule has 1 aliphatic heterocycles. The van der Waals surface area contributed by atoms with Gasteiger partial charge in [0, 0.05) is 18.8 Å². The molecule has 1 aliphatic rings. The number of ether oxygens (including phenoxy) is 2. The third kappa shape index (κ3) is 2.26. The zero-order chi connectivity index (χ0) is 12.6. The van der Waals surface area contributed by atoms with Gasteiger partial charge in [-0.15, -0.1) is 20.4 Å². The van der Waals surface area contributed by atoms with Gasteiger partial charge in [-0.05, 0) is 12.1 Å². The van der Waals surface area contributed by atoms with Gasteiger partial charge in [-0.2, -0.15) is 0 Å². The minimum atomic E-state index is -3.66. The van der Waals surface area contributed by atoms with Crippen LogP contribution in [0, 0.1) is 0 Å². The van der Waals surface area contributed by atoms with Crippen LogP contribution in [-0.2, 0) is 4.79 Å². The largest absolute Gasteiger partial charge is 0.586 e. The van der Waals surface area contributed by atoms with E-state index in [1.54, 1.807) is 0 Å². The first-order valence-corrected chi connectivity index (χ1v) is 5.19. The Kier molecular flexibility index (Phi) is 2.82. The molecule has 0 spiro atoms. The smallest absolute Gasteiger partial charge is 0.395 e. The summed E-state index contributed by atoms with van der Waals surface area (Å²) in [4.78, 5) is 12.6. The van der Waals surface area contributed by atoms with E-state index < -0.39 is 6.29 Å². The average molecular weight is 264 g/mol. The Hall–Kier alpha value is -1.56. The molecule has 0 bridgehead atoms. The average Bonchev–Trinajstić information content (AvgIpc) is 2.59. The minimum Gasteiger partial charge on any atom is -0.395 e. The van der Waals surface area contributed by atoms with Crippen molar-refractivity contribution in [1.82, 2.24) is 0 Å². The van der Waals surface area contributed by atoms with Gasteiger partial charge in [-0.1, -0.05) is 0 Å². The molecule has 0 N–H and O–H groups in total. The number of carbonyl (C=O) groups is 1. The highest BCUT2D eigenvalue weighted by Crippen LogP contribution is 2.42. The number of hydrogen-bond donors (Lipinski definition) is 0. The molecule has 0 radical (unpaired) electrons. The molecule has 0 aliphatic carbocycles. The number of halogens is 3. The van der Waals surface area contributed by atoms with Crippen LogP contribution < -0.4 is 14.4 Å². The summed E-state index contributed by atoms with van der Waals surface area (Å²) in [5.41, 5.74) is 0.399. The summed E-state index contributed by atoms with van der Waals surface area (Å²) >= 11 is 5.39. The number of rotatable bonds is 2. The van der Waals surface area contributed by atoms with Gasteiger partial charge in [0.15, 0.2) is 11.5 Å². The Balaban J connectivity index is 2.28. The van der Waals surface area contributed by atoms with Crippen molar-refractivity contribution >= 4 is 23.2 Å². The van der Waals surface area contributed by atoms with Gasteiger partial charge in [0.05, 0.1) is 0 Å². The summed E-state index contributed by atoms with van der Waals surface area (Å²) < 4.78 is 34.0. The monoisotopic (exact) mass is 263 g/mol. The quantitative estimate of drug-likeness (QED) is 0.768. The fraction of sp³-hybridized carbons (Fsp3) is 0.300. The van der Waals surface area contributed by atoms with E-state index in [4.69, 9.17) is 11.6 Å². The minimum absolute atomic E-state index is 0.0644. The van der Waals surface area contributed by atoms with E-state index >= 15 is 0 Å². The Bertz CT molecular complexity index is 467. The SMILES string of the molecule is CN(C(=O)CCl)c1ccc2c(c1)OC(F)(F)O2. The van der Waals surface area contributed by atoms with Crippen LogP contribution in [0.1, 0.15) is 0 Å². The molecule has 7 heteroatoms. The molecule has 17 heavy (non-hydrogen) atoms. The van der Waals surface area contributed by atoms with Gasteiger partial charge in [0.1, 0.15) is 5.88 Å². The molecule has 0 saturated heterocycles. The van der Waals surface area contributed by atoms with E-state index in [1.165, 1.54) is 30.1 Å². The number of alkyl halides is 3. The van der Waals surface area contributed by atoms with Crippen molar-refractivity contribution in [3.05, 3.63) is 18.2 Å².